The van der Waals surface area contributed by atoms with Gasteiger partial charge in [0.15, 0.2) is 6.61 Å². The molecule has 2 aromatic carbocycles. The monoisotopic (exact) mass is 482 g/mol. The van der Waals surface area contributed by atoms with Crippen LogP contribution in [0.15, 0.2) is 59.9 Å². The van der Waals surface area contributed by atoms with Gasteiger partial charge in [-0.1, -0.05) is 12.1 Å². The summed E-state index contributed by atoms with van der Waals surface area (Å²) in [5, 5.41) is 11.5. The topological polar surface area (TPSA) is 103 Å². The van der Waals surface area contributed by atoms with Crippen LogP contribution in [0.3, 0.4) is 0 Å². The van der Waals surface area contributed by atoms with Crippen molar-refractivity contribution in [3.05, 3.63) is 65.7 Å². The zero-order valence-electron chi connectivity index (χ0n) is 18.9. The number of carbonyl (C=O) groups excluding carboxylic acids is 3. The van der Waals surface area contributed by atoms with E-state index in [9.17, 15) is 24.0 Å². The zero-order chi connectivity index (χ0) is 24.8. The fourth-order valence-corrected chi connectivity index (χ4v) is 4.06. The zero-order valence-corrected chi connectivity index (χ0v) is 19.7. The molecular weight excluding hydrogens is 459 g/mol. The number of ether oxygens (including phenoxy) is 1. The second kappa shape index (κ2) is 10.9. The molecule has 0 saturated carbocycles. The molecule has 0 aliphatic carbocycles. The van der Waals surface area contributed by atoms with Crippen LogP contribution in [-0.2, 0) is 19.1 Å². The maximum absolute atomic E-state index is 12.9. The van der Waals surface area contributed by atoms with E-state index >= 15 is 0 Å². The van der Waals surface area contributed by atoms with Crippen molar-refractivity contribution in [3.63, 3.8) is 0 Å². The van der Waals surface area contributed by atoms with Gasteiger partial charge >= 0.3 is 5.97 Å². The first-order chi connectivity index (χ1) is 16.2. The molecule has 0 fully saturated rings. The fourth-order valence-electron chi connectivity index (χ4n) is 3.38. The summed E-state index contributed by atoms with van der Waals surface area (Å²) in [6, 6.07) is 14.7. The summed E-state index contributed by atoms with van der Waals surface area (Å²) in [6.07, 6.45) is 0. The Balaban J connectivity index is 1.54. The molecule has 1 heterocycles. The van der Waals surface area contributed by atoms with Crippen LogP contribution in [0.2, 0.25) is 0 Å². The SMILES string of the molecule is CC(SCC(=O)Nc1ccc(F)cc1)C(=O)OCC(=O)C(C#N)=C1N(C)c2ccccc2N1C. The summed E-state index contributed by atoms with van der Waals surface area (Å²) >= 11 is 1.03. The predicted octanol–water partition coefficient (Wildman–Crippen LogP) is 3.32. The van der Waals surface area contributed by atoms with Crippen molar-refractivity contribution in [2.24, 2.45) is 0 Å². The quantitative estimate of drug-likeness (QED) is 0.347. The van der Waals surface area contributed by atoms with Gasteiger partial charge in [-0.25, -0.2) is 4.39 Å². The van der Waals surface area contributed by atoms with Crippen LogP contribution < -0.4 is 15.1 Å². The Bertz CT molecular complexity index is 1150. The Kier molecular flexibility index (Phi) is 7.91. The number of ketones is 1. The van der Waals surface area contributed by atoms with Crippen LogP contribution in [0.4, 0.5) is 21.5 Å². The van der Waals surface area contributed by atoms with E-state index in [0.717, 1.165) is 23.1 Å². The van der Waals surface area contributed by atoms with Crippen molar-refractivity contribution in [2.45, 2.75) is 12.2 Å². The van der Waals surface area contributed by atoms with Gasteiger partial charge in [-0.15, -0.1) is 11.8 Å². The van der Waals surface area contributed by atoms with Crippen LogP contribution in [0, 0.1) is 17.1 Å². The molecule has 0 aromatic heterocycles. The molecule has 0 bridgehead atoms. The number of para-hydroxylation sites is 2. The second-order valence-electron chi connectivity index (χ2n) is 7.46. The summed E-state index contributed by atoms with van der Waals surface area (Å²) < 4.78 is 18.1. The van der Waals surface area contributed by atoms with Crippen LogP contribution in [0.5, 0.6) is 0 Å². The average molecular weight is 483 g/mol. The molecule has 1 N–H and O–H groups in total. The maximum atomic E-state index is 12.9. The van der Waals surface area contributed by atoms with Gasteiger partial charge in [0.05, 0.1) is 17.1 Å². The number of hydrogen-bond donors (Lipinski definition) is 1. The number of halogens is 1. The van der Waals surface area contributed by atoms with E-state index in [1.54, 1.807) is 30.8 Å². The molecule has 0 saturated heterocycles. The van der Waals surface area contributed by atoms with Gasteiger partial charge in [-0.2, -0.15) is 5.26 Å². The lowest BCUT2D eigenvalue weighted by molar-refractivity contribution is -0.146. The molecule has 8 nitrogen and oxygen atoms in total. The lowest BCUT2D eigenvalue weighted by atomic mass is 10.2. The third-order valence-corrected chi connectivity index (χ3v) is 6.25. The van der Waals surface area contributed by atoms with Crippen molar-refractivity contribution in [1.29, 1.82) is 5.26 Å². The molecule has 1 aliphatic heterocycles. The molecule has 0 radical (unpaired) electrons. The second-order valence-corrected chi connectivity index (χ2v) is 8.79. The van der Waals surface area contributed by atoms with Gasteiger partial charge in [0.2, 0.25) is 11.7 Å². The standard InChI is InChI=1S/C24H23FN4O4S/c1-15(34-14-22(31)27-17-10-8-16(25)9-11-17)24(32)33-13-21(30)18(12-26)23-28(2)19-6-4-5-7-20(19)29(23)3/h4-11,15H,13-14H2,1-3H3,(H,27,31). The average Bonchev–Trinajstić information content (AvgIpc) is 3.08. The first-order valence-corrected chi connectivity index (χ1v) is 11.4. The lowest BCUT2D eigenvalue weighted by Gasteiger charge is -2.20. The Morgan fingerprint density at radius 2 is 1.68 bits per heavy atom. The van der Waals surface area contributed by atoms with Crippen LogP contribution in [0.25, 0.3) is 0 Å². The molecule has 1 unspecified atom stereocenters. The molecule has 34 heavy (non-hydrogen) atoms. The maximum Gasteiger partial charge on any atom is 0.319 e. The van der Waals surface area contributed by atoms with E-state index in [4.69, 9.17) is 4.74 Å². The van der Waals surface area contributed by atoms with Crippen molar-refractivity contribution < 1.29 is 23.5 Å². The van der Waals surface area contributed by atoms with Crippen molar-refractivity contribution in [2.75, 3.05) is 41.6 Å². The highest BCUT2D eigenvalue weighted by Gasteiger charge is 2.31. The largest absolute Gasteiger partial charge is 0.456 e. The molecule has 1 atom stereocenters. The smallest absolute Gasteiger partial charge is 0.319 e. The van der Waals surface area contributed by atoms with Gasteiger partial charge in [0.25, 0.3) is 0 Å². The number of carbonyl (C=O) groups is 3. The van der Waals surface area contributed by atoms with Crippen LogP contribution in [0.1, 0.15) is 6.92 Å². The van der Waals surface area contributed by atoms with Gasteiger partial charge < -0.3 is 19.9 Å². The summed E-state index contributed by atoms with van der Waals surface area (Å²) in [5.41, 5.74) is 2.02. The molecule has 2 aromatic rings. The molecule has 1 aliphatic rings. The normalized spacial score (nSPS) is 13.1. The van der Waals surface area contributed by atoms with E-state index in [2.05, 4.69) is 5.32 Å². The van der Waals surface area contributed by atoms with Crippen molar-refractivity contribution >= 4 is 46.5 Å². The number of Topliss-reactive ketones (excluding diaryl/α,β-unsaturated/α-hetero) is 1. The minimum absolute atomic E-state index is 0.0388. The van der Waals surface area contributed by atoms with Gasteiger partial charge in [-0.05, 0) is 43.3 Å². The highest BCUT2D eigenvalue weighted by atomic mass is 32.2. The number of hydrogen-bond acceptors (Lipinski definition) is 8. The number of esters is 1. The molecule has 3 rings (SSSR count). The Morgan fingerprint density at radius 1 is 1.09 bits per heavy atom. The highest BCUT2D eigenvalue weighted by Crippen LogP contribution is 2.40. The van der Waals surface area contributed by atoms with Gasteiger partial charge in [-0.3, -0.25) is 14.4 Å². The first kappa shape index (κ1) is 24.8. The van der Waals surface area contributed by atoms with E-state index in [1.165, 1.54) is 24.3 Å². The Hall–Kier alpha value is -3.84. The lowest BCUT2D eigenvalue weighted by Crippen LogP contribution is -2.29. The number of nitriles is 1. The number of benzene rings is 2. The third kappa shape index (κ3) is 5.55. The minimum Gasteiger partial charge on any atom is -0.456 e. The Morgan fingerprint density at radius 3 is 2.24 bits per heavy atom. The Labute approximate surface area is 201 Å². The first-order valence-electron chi connectivity index (χ1n) is 10.3. The minimum atomic E-state index is -0.717. The van der Waals surface area contributed by atoms with Crippen LogP contribution in [-0.4, -0.2) is 49.4 Å². The number of anilines is 3. The van der Waals surface area contributed by atoms with E-state index in [0.29, 0.717) is 11.5 Å². The summed E-state index contributed by atoms with van der Waals surface area (Å²) in [5.74, 6) is -1.71. The van der Waals surface area contributed by atoms with Crippen molar-refractivity contribution in [3.8, 4) is 6.07 Å². The number of rotatable bonds is 8. The van der Waals surface area contributed by atoms with E-state index in [1.807, 2.05) is 30.3 Å². The summed E-state index contributed by atoms with van der Waals surface area (Å²) in [6.45, 7) is 0.970. The number of fused-ring (bicyclic) bond motifs is 1. The molecule has 0 spiro atoms. The predicted molar refractivity (Wildman–Crippen MR) is 129 cm³/mol. The van der Waals surface area contributed by atoms with Gasteiger partial charge in [0, 0.05) is 19.8 Å². The highest BCUT2D eigenvalue weighted by molar-refractivity contribution is 8.01. The fraction of sp³-hybridized carbons (Fsp3) is 0.250. The molecule has 176 valence electrons. The number of nitrogens with one attached hydrogen (secondary N) is 1. The molecular formula is C24H23FN4O4S. The van der Waals surface area contributed by atoms with E-state index in [-0.39, 0.29) is 17.2 Å². The number of amides is 1. The molecule has 10 heteroatoms. The van der Waals surface area contributed by atoms with Crippen LogP contribution >= 0.6 is 11.8 Å². The van der Waals surface area contributed by atoms with Gasteiger partial charge in [0.1, 0.15) is 28.5 Å². The van der Waals surface area contributed by atoms with E-state index < -0.39 is 29.4 Å². The number of nitrogens with zero attached hydrogens (tertiary/aromatic N) is 3. The third-order valence-electron chi connectivity index (χ3n) is 5.12. The summed E-state index contributed by atoms with van der Waals surface area (Å²) in [4.78, 5) is 40.5. The summed E-state index contributed by atoms with van der Waals surface area (Å²) in [7, 11) is 3.51. The molecule has 1 amide bonds. The van der Waals surface area contributed by atoms with Crippen molar-refractivity contribution in [1.82, 2.24) is 0 Å². The number of thioether (sulfide) groups is 1.